The van der Waals surface area contributed by atoms with Gasteiger partial charge in [-0.2, -0.15) is 0 Å². The van der Waals surface area contributed by atoms with Crippen molar-refractivity contribution in [1.82, 2.24) is 0 Å². The molecule has 0 fully saturated rings. The van der Waals surface area contributed by atoms with Crippen LogP contribution in [0.5, 0.6) is 0 Å². The third-order valence-corrected chi connectivity index (χ3v) is 5.21. The number of carbonyl (C=O) groups is 1. The molecule has 0 aliphatic rings. The molecule has 4 aromatic rings. The van der Waals surface area contributed by atoms with Gasteiger partial charge in [0.1, 0.15) is 0 Å². The fraction of sp³-hybridized carbons (Fsp3) is 0. The minimum Gasteiger partial charge on any atom is -0.478 e. The summed E-state index contributed by atoms with van der Waals surface area (Å²) in [7, 11) is -4.75. The molecular weight excluding hydrogens is 315 g/mol. The standard InChI is InChI=1S/C17H11O5P/c18-17(19)13-8-11-5-4-9-2-1-3-10-6-7-12(15(11)14(9)10)16(13)23(20,21)22/h1-8H,(H,18,19)(H2,20,21,22). The van der Waals surface area contributed by atoms with Crippen molar-refractivity contribution in [3.63, 3.8) is 0 Å². The van der Waals surface area contributed by atoms with Crippen LogP contribution in [0.25, 0.3) is 32.3 Å². The van der Waals surface area contributed by atoms with Gasteiger partial charge in [0.2, 0.25) is 0 Å². The van der Waals surface area contributed by atoms with Crippen molar-refractivity contribution < 1.29 is 24.3 Å². The second-order valence-electron chi connectivity index (χ2n) is 5.48. The number of carboxylic acid groups (broad SMARTS) is 1. The van der Waals surface area contributed by atoms with Crippen LogP contribution in [0.4, 0.5) is 0 Å². The van der Waals surface area contributed by atoms with Crippen LogP contribution in [0.1, 0.15) is 10.4 Å². The predicted molar refractivity (Wildman–Crippen MR) is 88.8 cm³/mol. The smallest absolute Gasteiger partial charge is 0.357 e. The van der Waals surface area contributed by atoms with E-state index in [1.165, 1.54) is 6.07 Å². The quantitative estimate of drug-likeness (QED) is 0.389. The number of rotatable bonds is 2. The zero-order chi connectivity index (χ0) is 16.4. The molecule has 0 bridgehead atoms. The third kappa shape index (κ3) is 1.95. The second kappa shape index (κ2) is 4.52. The van der Waals surface area contributed by atoms with Gasteiger partial charge in [-0.1, -0.05) is 42.5 Å². The molecule has 6 heteroatoms. The molecule has 4 rings (SSSR count). The number of aromatic carboxylic acids is 1. The molecule has 0 saturated heterocycles. The first-order valence-corrected chi connectivity index (χ1v) is 8.49. The Balaban J connectivity index is 2.37. The average Bonchev–Trinajstić information content (AvgIpc) is 2.50. The summed E-state index contributed by atoms with van der Waals surface area (Å²) in [5.74, 6) is -1.35. The monoisotopic (exact) mass is 326 g/mol. The van der Waals surface area contributed by atoms with Crippen molar-refractivity contribution in [1.29, 1.82) is 0 Å². The lowest BCUT2D eigenvalue weighted by Crippen LogP contribution is -2.17. The molecule has 0 aliphatic heterocycles. The molecule has 0 amide bonds. The fourth-order valence-electron chi connectivity index (χ4n) is 3.27. The van der Waals surface area contributed by atoms with Crippen LogP contribution in [0, 0.1) is 0 Å². The maximum absolute atomic E-state index is 11.9. The van der Waals surface area contributed by atoms with Gasteiger partial charge < -0.3 is 14.9 Å². The summed E-state index contributed by atoms with van der Waals surface area (Å²) in [6, 6.07) is 14.1. The Morgan fingerprint density at radius 2 is 1.48 bits per heavy atom. The summed E-state index contributed by atoms with van der Waals surface area (Å²) in [6.07, 6.45) is 0. The highest BCUT2D eigenvalue weighted by Crippen LogP contribution is 2.42. The molecule has 3 N–H and O–H groups in total. The van der Waals surface area contributed by atoms with E-state index in [0.29, 0.717) is 10.8 Å². The van der Waals surface area contributed by atoms with Crippen LogP contribution in [0.15, 0.2) is 48.5 Å². The van der Waals surface area contributed by atoms with Gasteiger partial charge in [-0.15, -0.1) is 0 Å². The summed E-state index contributed by atoms with van der Waals surface area (Å²) < 4.78 is 11.9. The zero-order valence-corrected chi connectivity index (χ0v) is 12.6. The van der Waals surface area contributed by atoms with Gasteiger partial charge in [0, 0.05) is 0 Å². The van der Waals surface area contributed by atoms with Crippen LogP contribution >= 0.6 is 7.60 Å². The first-order chi connectivity index (χ1) is 10.9. The second-order valence-corrected chi connectivity index (χ2v) is 7.01. The molecule has 23 heavy (non-hydrogen) atoms. The highest BCUT2D eigenvalue weighted by atomic mass is 31.2. The van der Waals surface area contributed by atoms with Crippen molar-refractivity contribution in [2.24, 2.45) is 0 Å². The molecule has 0 unspecified atom stereocenters. The van der Waals surface area contributed by atoms with Gasteiger partial charge in [0.25, 0.3) is 0 Å². The van der Waals surface area contributed by atoms with Gasteiger partial charge >= 0.3 is 13.6 Å². The fourth-order valence-corrected chi connectivity index (χ4v) is 4.25. The Morgan fingerprint density at radius 3 is 2.09 bits per heavy atom. The zero-order valence-electron chi connectivity index (χ0n) is 11.7. The summed E-state index contributed by atoms with van der Waals surface area (Å²) in [4.78, 5) is 30.9. The van der Waals surface area contributed by atoms with E-state index in [1.54, 1.807) is 18.2 Å². The lowest BCUT2D eigenvalue weighted by molar-refractivity contribution is 0.0698. The molecule has 114 valence electrons. The number of carboxylic acids is 1. The topological polar surface area (TPSA) is 94.8 Å². The molecule has 0 aliphatic carbocycles. The van der Waals surface area contributed by atoms with Crippen LogP contribution in [0.3, 0.4) is 0 Å². The average molecular weight is 326 g/mol. The molecule has 0 saturated carbocycles. The molecule has 0 aromatic heterocycles. The maximum Gasteiger partial charge on any atom is 0.357 e. The van der Waals surface area contributed by atoms with Gasteiger partial charge in [-0.3, -0.25) is 4.57 Å². The highest BCUT2D eigenvalue weighted by Gasteiger charge is 2.29. The molecular formula is C17H11O5P. The summed E-state index contributed by atoms with van der Waals surface area (Å²) >= 11 is 0. The van der Waals surface area contributed by atoms with Crippen LogP contribution in [-0.4, -0.2) is 20.9 Å². The number of hydrogen-bond donors (Lipinski definition) is 3. The van der Waals surface area contributed by atoms with E-state index in [2.05, 4.69) is 0 Å². The lowest BCUT2D eigenvalue weighted by Gasteiger charge is -2.16. The lowest BCUT2D eigenvalue weighted by atomic mass is 9.93. The highest BCUT2D eigenvalue weighted by molar-refractivity contribution is 7.61. The van der Waals surface area contributed by atoms with E-state index in [4.69, 9.17) is 0 Å². The minimum absolute atomic E-state index is 0.289. The summed E-state index contributed by atoms with van der Waals surface area (Å²) in [6.45, 7) is 0. The van der Waals surface area contributed by atoms with Gasteiger partial charge in [0.05, 0.1) is 10.9 Å². The van der Waals surface area contributed by atoms with E-state index in [1.807, 2.05) is 24.3 Å². The first kappa shape index (κ1) is 14.2. The first-order valence-electron chi connectivity index (χ1n) is 6.88. The third-order valence-electron chi connectivity index (χ3n) is 4.14. The van der Waals surface area contributed by atoms with Crippen molar-refractivity contribution in [2.75, 3.05) is 0 Å². The van der Waals surface area contributed by atoms with E-state index < -0.39 is 18.9 Å². The van der Waals surface area contributed by atoms with Crippen molar-refractivity contribution in [2.45, 2.75) is 0 Å². The Hall–Kier alpha value is -2.46. The number of hydrogen-bond acceptors (Lipinski definition) is 2. The SMILES string of the molecule is O=C(O)c1cc2ccc3cccc4ccc(c1P(=O)(O)O)c2c34. The van der Waals surface area contributed by atoms with Crippen LogP contribution < -0.4 is 5.30 Å². The predicted octanol–water partition coefficient (Wildman–Crippen LogP) is 3.09. The Kier molecular flexibility index (Phi) is 2.78. The minimum atomic E-state index is -4.75. The van der Waals surface area contributed by atoms with E-state index in [9.17, 15) is 24.3 Å². The summed E-state index contributed by atoms with van der Waals surface area (Å²) in [5.41, 5.74) is -0.357. The molecule has 4 aromatic carbocycles. The van der Waals surface area contributed by atoms with Crippen molar-refractivity contribution in [3.05, 3.63) is 54.1 Å². The van der Waals surface area contributed by atoms with E-state index >= 15 is 0 Å². The van der Waals surface area contributed by atoms with Crippen LogP contribution in [0.2, 0.25) is 0 Å². The molecule has 0 spiro atoms. The number of benzene rings is 4. The Morgan fingerprint density at radius 1 is 0.870 bits per heavy atom. The Bertz CT molecular complexity index is 1130. The maximum atomic E-state index is 11.9. The normalized spacial score (nSPS) is 12.4. The van der Waals surface area contributed by atoms with E-state index in [0.717, 1.165) is 16.2 Å². The van der Waals surface area contributed by atoms with Gasteiger partial charge in [0.15, 0.2) is 0 Å². The Labute approximate surface area is 130 Å². The molecule has 0 atom stereocenters. The summed E-state index contributed by atoms with van der Waals surface area (Å²) in [5, 5.41) is 13.3. The molecule has 0 heterocycles. The van der Waals surface area contributed by atoms with Crippen molar-refractivity contribution in [3.8, 4) is 0 Å². The largest absolute Gasteiger partial charge is 0.478 e. The van der Waals surface area contributed by atoms with Gasteiger partial charge in [-0.25, -0.2) is 4.79 Å². The van der Waals surface area contributed by atoms with E-state index in [-0.39, 0.29) is 10.9 Å². The molecule has 0 radical (unpaired) electrons. The van der Waals surface area contributed by atoms with Gasteiger partial charge in [-0.05, 0) is 38.4 Å². The van der Waals surface area contributed by atoms with Crippen molar-refractivity contribution >= 4 is 51.2 Å². The molecule has 5 nitrogen and oxygen atoms in total. The van der Waals surface area contributed by atoms with Crippen LogP contribution in [-0.2, 0) is 4.57 Å².